The van der Waals surface area contributed by atoms with Crippen LogP contribution >= 0.6 is 22.7 Å². The average Bonchev–Trinajstić information content (AvgIpc) is 3.37. The summed E-state index contributed by atoms with van der Waals surface area (Å²) in [6, 6.07) is 9.77. The second-order valence-electron chi connectivity index (χ2n) is 6.39. The number of ether oxygens (including phenoxy) is 1. The zero-order chi connectivity index (χ0) is 18.6. The summed E-state index contributed by atoms with van der Waals surface area (Å²) in [7, 11) is 1.69. The van der Waals surface area contributed by atoms with Crippen LogP contribution in [0.25, 0.3) is 10.2 Å². The van der Waals surface area contributed by atoms with Gasteiger partial charge >= 0.3 is 0 Å². The maximum absolute atomic E-state index is 12.0. The van der Waals surface area contributed by atoms with Crippen LogP contribution in [0.15, 0.2) is 35.7 Å². The lowest BCUT2D eigenvalue weighted by Gasteiger charge is -2.34. The number of thiazole rings is 1. The van der Waals surface area contributed by atoms with Crippen LogP contribution in [0.3, 0.4) is 0 Å². The van der Waals surface area contributed by atoms with Gasteiger partial charge in [0, 0.05) is 39.3 Å². The summed E-state index contributed by atoms with van der Waals surface area (Å²) < 4.78 is 6.45. The molecule has 1 aliphatic rings. The molecule has 142 valence electrons. The summed E-state index contributed by atoms with van der Waals surface area (Å²) >= 11 is 3.19. The predicted molar refractivity (Wildman–Crippen MR) is 111 cm³/mol. The van der Waals surface area contributed by atoms with E-state index in [0.717, 1.165) is 58.7 Å². The molecule has 3 heterocycles. The van der Waals surface area contributed by atoms with Crippen LogP contribution in [0, 0.1) is 0 Å². The summed E-state index contributed by atoms with van der Waals surface area (Å²) in [5, 5.41) is 5.99. The Morgan fingerprint density at radius 1 is 1.26 bits per heavy atom. The third-order valence-electron chi connectivity index (χ3n) is 4.69. The van der Waals surface area contributed by atoms with Crippen molar-refractivity contribution in [1.82, 2.24) is 15.2 Å². The number of hydrogen-bond acceptors (Lipinski definition) is 7. The van der Waals surface area contributed by atoms with E-state index in [2.05, 4.69) is 15.1 Å². The van der Waals surface area contributed by atoms with Gasteiger partial charge in [-0.25, -0.2) is 4.98 Å². The molecule has 8 heteroatoms. The highest BCUT2D eigenvalue weighted by Crippen LogP contribution is 2.31. The first-order valence-electron chi connectivity index (χ1n) is 8.96. The minimum Gasteiger partial charge on any atom is -0.497 e. The summed E-state index contributed by atoms with van der Waals surface area (Å²) in [4.78, 5) is 22.2. The minimum absolute atomic E-state index is 0.0218. The van der Waals surface area contributed by atoms with E-state index in [1.54, 1.807) is 18.4 Å². The lowest BCUT2D eigenvalue weighted by molar-refractivity contribution is 0.0952. The molecule has 0 aliphatic carbocycles. The van der Waals surface area contributed by atoms with E-state index >= 15 is 0 Å². The zero-order valence-corrected chi connectivity index (χ0v) is 16.8. The monoisotopic (exact) mass is 402 g/mol. The van der Waals surface area contributed by atoms with Gasteiger partial charge in [-0.2, -0.15) is 0 Å². The van der Waals surface area contributed by atoms with E-state index in [1.165, 1.54) is 11.3 Å². The number of hydrogen-bond donors (Lipinski definition) is 1. The molecule has 27 heavy (non-hydrogen) atoms. The fraction of sp³-hybridized carbons (Fsp3) is 0.368. The number of nitrogens with zero attached hydrogens (tertiary/aromatic N) is 3. The number of carbonyl (C=O) groups is 1. The number of amides is 1. The van der Waals surface area contributed by atoms with Gasteiger partial charge in [0.25, 0.3) is 5.91 Å². The number of rotatable bonds is 6. The number of benzene rings is 1. The number of aromatic nitrogens is 1. The Balaban J connectivity index is 1.27. The normalized spacial score (nSPS) is 15.2. The second-order valence-corrected chi connectivity index (χ2v) is 8.35. The van der Waals surface area contributed by atoms with E-state index in [4.69, 9.17) is 9.72 Å². The van der Waals surface area contributed by atoms with Crippen LogP contribution in [-0.4, -0.2) is 62.2 Å². The molecule has 0 saturated carbocycles. The molecule has 1 saturated heterocycles. The highest BCUT2D eigenvalue weighted by Gasteiger charge is 2.20. The van der Waals surface area contributed by atoms with Crippen molar-refractivity contribution in [3.05, 3.63) is 40.6 Å². The highest BCUT2D eigenvalue weighted by molar-refractivity contribution is 7.22. The van der Waals surface area contributed by atoms with Crippen molar-refractivity contribution < 1.29 is 9.53 Å². The van der Waals surface area contributed by atoms with Crippen LogP contribution in [0.4, 0.5) is 5.13 Å². The minimum atomic E-state index is 0.0218. The van der Waals surface area contributed by atoms with Crippen LogP contribution in [0.1, 0.15) is 9.67 Å². The van der Waals surface area contributed by atoms with E-state index in [0.29, 0.717) is 6.54 Å². The van der Waals surface area contributed by atoms with Crippen molar-refractivity contribution in [2.24, 2.45) is 0 Å². The molecule has 6 nitrogen and oxygen atoms in total. The number of fused-ring (bicyclic) bond motifs is 1. The number of thiophene rings is 1. The number of carbonyl (C=O) groups excluding carboxylic acids is 1. The van der Waals surface area contributed by atoms with Crippen molar-refractivity contribution in [2.45, 2.75) is 0 Å². The molecule has 0 atom stereocenters. The van der Waals surface area contributed by atoms with Crippen LogP contribution in [0.5, 0.6) is 5.75 Å². The topological polar surface area (TPSA) is 57.7 Å². The average molecular weight is 403 g/mol. The number of piperazine rings is 1. The fourth-order valence-corrected chi connectivity index (χ4v) is 4.83. The molecule has 0 spiro atoms. The summed E-state index contributed by atoms with van der Waals surface area (Å²) in [5.74, 6) is 0.889. The van der Waals surface area contributed by atoms with Gasteiger partial charge in [0.1, 0.15) is 5.75 Å². The van der Waals surface area contributed by atoms with Crippen molar-refractivity contribution in [1.29, 1.82) is 0 Å². The Bertz CT molecular complexity index is 902. The first-order chi connectivity index (χ1) is 13.2. The van der Waals surface area contributed by atoms with Crippen molar-refractivity contribution in [3.63, 3.8) is 0 Å². The summed E-state index contributed by atoms with van der Waals surface area (Å²) in [5.41, 5.74) is 1.02. The Hall–Kier alpha value is -2.16. The molecule has 1 aromatic carbocycles. The van der Waals surface area contributed by atoms with Gasteiger partial charge in [0.2, 0.25) is 0 Å². The van der Waals surface area contributed by atoms with Crippen molar-refractivity contribution in [2.75, 3.05) is 51.3 Å². The van der Waals surface area contributed by atoms with Gasteiger partial charge in [-0.05, 0) is 29.6 Å². The molecular weight excluding hydrogens is 380 g/mol. The van der Waals surface area contributed by atoms with Gasteiger partial charge in [-0.1, -0.05) is 17.4 Å². The van der Waals surface area contributed by atoms with Crippen molar-refractivity contribution >= 4 is 43.9 Å². The number of methoxy groups -OCH3 is 1. The van der Waals surface area contributed by atoms with Gasteiger partial charge in [-0.3, -0.25) is 9.69 Å². The predicted octanol–water partition coefficient (Wildman–Crippen LogP) is 2.92. The third-order valence-corrected chi connectivity index (χ3v) is 6.63. The smallest absolute Gasteiger partial charge is 0.261 e. The Kier molecular flexibility index (Phi) is 5.56. The Morgan fingerprint density at radius 2 is 2.11 bits per heavy atom. The third kappa shape index (κ3) is 4.23. The molecule has 1 N–H and O–H groups in total. The molecule has 0 radical (unpaired) electrons. The molecule has 1 fully saturated rings. The maximum Gasteiger partial charge on any atom is 0.261 e. The van der Waals surface area contributed by atoms with Gasteiger partial charge < -0.3 is 15.0 Å². The molecule has 2 aromatic heterocycles. The molecule has 0 unspecified atom stereocenters. The number of nitrogens with one attached hydrogen (secondary N) is 1. The Morgan fingerprint density at radius 3 is 2.85 bits per heavy atom. The van der Waals surface area contributed by atoms with Crippen LogP contribution in [0.2, 0.25) is 0 Å². The second kappa shape index (κ2) is 8.24. The zero-order valence-electron chi connectivity index (χ0n) is 15.2. The molecule has 3 aromatic rings. The Labute approximate surface area is 166 Å². The fourth-order valence-electron chi connectivity index (χ4n) is 3.14. The van der Waals surface area contributed by atoms with Gasteiger partial charge in [0.05, 0.1) is 22.2 Å². The summed E-state index contributed by atoms with van der Waals surface area (Å²) in [6.07, 6.45) is 0. The maximum atomic E-state index is 12.0. The summed E-state index contributed by atoms with van der Waals surface area (Å²) in [6.45, 7) is 5.42. The molecule has 0 bridgehead atoms. The van der Waals surface area contributed by atoms with E-state index in [1.807, 2.05) is 35.7 Å². The van der Waals surface area contributed by atoms with Crippen LogP contribution < -0.4 is 15.0 Å². The standard InChI is InChI=1S/C19H22N4O2S2/c1-25-14-4-5-15-17(13-14)27-19(21-15)23-10-8-22(9-11-23)7-6-20-18(24)16-3-2-12-26-16/h2-5,12-13H,6-11H2,1H3,(H,20,24). The first-order valence-corrected chi connectivity index (χ1v) is 10.7. The number of anilines is 1. The SMILES string of the molecule is COc1ccc2nc(N3CCN(CCNC(=O)c4cccs4)CC3)sc2c1. The molecule has 4 rings (SSSR count). The van der Waals surface area contributed by atoms with E-state index < -0.39 is 0 Å². The highest BCUT2D eigenvalue weighted by atomic mass is 32.1. The lowest BCUT2D eigenvalue weighted by Crippen LogP contribution is -2.48. The van der Waals surface area contributed by atoms with E-state index in [-0.39, 0.29) is 5.91 Å². The lowest BCUT2D eigenvalue weighted by atomic mass is 10.3. The molecule has 1 amide bonds. The largest absolute Gasteiger partial charge is 0.497 e. The van der Waals surface area contributed by atoms with Gasteiger partial charge in [-0.15, -0.1) is 11.3 Å². The first kappa shape index (κ1) is 18.2. The van der Waals surface area contributed by atoms with Crippen molar-refractivity contribution in [3.8, 4) is 5.75 Å². The van der Waals surface area contributed by atoms with Crippen LogP contribution in [-0.2, 0) is 0 Å². The quantitative estimate of drug-likeness (QED) is 0.687. The molecular formula is C19H22N4O2S2. The molecule has 1 aliphatic heterocycles. The van der Waals surface area contributed by atoms with Gasteiger partial charge in [0.15, 0.2) is 5.13 Å². The van der Waals surface area contributed by atoms with E-state index in [9.17, 15) is 4.79 Å².